The van der Waals surface area contributed by atoms with Crippen molar-refractivity contribution in [2.45, 2.75) is 123 Å². The summed E-state index contributed by atoms with van der Waals surface area (Å²) < 4.78 is 0. The van der Waals surface area contributed by atoms with Gasteiger partial charge in [0.25, 0.3) is 0 Å². The fraction of sp³-hybridized carbons (Fsp3) is 0.909. The Morgan fingerprint density at radius 2 is 1.32 bits per heavy atom. The van der Waals surface area contributed by atoms with Crippen molar-refractivity contribution in [2.75, 3.05) is 0 Å². The first-order valence-corrected chi connectivity index (χ1v) is 12.3. The third-order valence-electron chi connectivity index (χ3n) is 7.81. The number of aliphatic hydroxyl groups is 2. The predicted octanol–water partition coefficient (Wildman–Crippen LogP) is 0.218. The Balaban J connectivity index is 6.35. The molecule has 0 rings (SSSR count). The molecule has 0 aromatic rings. The zero-order chi connectivity index (χ0) is 24.7. The molecule has 4 unspecified atom stereocenters. The lowest BCUT2D eigenvalue weighted by molar-refractivity contribution is -0.142. The summed E-state index contributed by atoms with van der Waals surface area (Å²) in [6, 6.07) is 0. The highest BCUT2D eigenvalue weighted by atomic mass is 16.3. The number of hydrogen-bond donors (Lipinski definition) is 4. The Hall–Kier alpha value is -0.625. The highest BCUT2D eigenvalue weighted by Crippen LogP contribution is 2.45. The summed E-state index contributed by atoms with van der Waals surface area (Å²) in [5.41, 5.74) is -3.86. The minimum atomic E-state index is -1.40. The second-order valence-corrected chi connectivity index (χ2v) is 9.53. The molecular weight excluding hydrogens is 389 g/mol. The maximum atomic E-state index is 14.1. The van der Waals surface area contributed by atoms with Crippen molar-refractivity contribution >= 4 is 34.3 Å². The second-order valence-electron chi connectivity index (χ2n) is 9.53. The normalized spacial score (nSPS) is 18.5. The maximum Gasteiger partial charge on any atom is 0.172 e. The van der Waals surface area contributed by atoms with Gasteiger partial charge in [0.1, 0.15) is 32.1 Å². The molecule has 4 N–H and O–H groups in total. The van der Waals surface area contributed by atoms with E-state index in [1.54, 1.807) is 28.6 Å². The Morgan fingerprint density at radius 3 is 1.65 bits per heavy atom. The minimum Gasteiger partial charge on any atom is -0.382 e. The van der Waals surface area contributed by atoms with E-state index in [1.165, 1.54) is 0 Å². The molecule has 0 aliphatic rings. The van der Waals surface area contributed by atoms with Gasteiger partial charge in [-0.3, -0.25) is 14.9 Å². The van der Waals surface area contributed by atoms with Crippen molar-refractivity contribution in [2.24, 2.45) is 5.41 Å². The molecule has 0 saturated heterocycles. The average Bonchev–Trinajstić information content (AvgIpc) is 2.76. The fourth-order valence-electron chi connectivity index (χ4n) is 5.06. The van der Waals surface area contributed by atoms with E-state index in [9.17, 15) is 19.8 Å². The molecule has 0 aromatic carbocycles. The Morgan fingerprint density at radius 1 is 0.839 bits per heavy atom. The number of Topliss-reactive ketones (excluding diaryl/α,β-unsaturated/α-hetero) is 2. The van der Waals surface area contributed by atoms with Crippen LogP contribution in [-0.4, -0.2) is 73.3 Å². The van der Waals surface area contributed by atoms with Gasteiger partial charge in [-0.2, -0.15) is 0 Å². The zero-order valence-corrected chi connectivity index (χ0v) is 21.8. The van der Waals surface area contributed by atoms with Gasteiger partial charge in [-0.1, -0.05) is 41.5 Å². The van der Waals surface area contributed by atoms with Crippen molar-refractivity contribution in [3.8, 4) is 0 Å². The number of hydrogen-bond acceptors (Lipinski definition) is 6. The smallest absolute Gasteiger partial charge is 0.172 e. The topological polar surface area (TPSA) is 98.7 Å². The first-order valence-electron chi connectivity index (χ1n) is 12.3. The van der Waals surface area contributed by atoms with E-state index in [-0.39, 0.29) is 11.6 Å². The maximum absolute atomic E-state index is 14.1. The molecule has 178 valence electrons. The van der Waals surface area contributed by atoms with Gasteiger partial charge >= 0.3 is 0 Å². The summed E-state index contributed by atoms with van der Waals surface area (Å²) in [7, 11) is 4.30. The summed E-state index contributed by atoms with van der Waals surface area (Å²) in [4.78, 5) is 27.0. The van der Waals surface area contributed by atoms with Crippen LogP contribution in [0.15, 0.2) is 0 Å². The summed E-state index contributed by atoms with van der Waals surface area (Å²) in [5, 5.41) is 27.8. The quantitative estimate of drug-likeness (QED) is 0.204. The van der Waals surface area contributed by atoms with Gasteiger partial charge in [0.2, 0.25) is 0 Å². The SMILES string of the molecule is BBC(NC(C)(O)CC)C(=O)C(CC)(CC)C(CC)(CC)NC(B)C(=O)C(C)(O)CC. The standard InChI is InChI=1S/C22H47B3N2O4/c1-9-19(7,30)15(28)17(23)26-22(13-5,14-6)21(11-3,12-4)16(29)18(25-24)27-20(8,31)10-2/h17-18,25-27,30-31H,9-14,23-24H2,1-8H3. The summed E-state index contributed by atoms with van der Waals surface area (Å²) in [5.74, 6) is -1.26. The molecule has 0 heterocycles. The van der Waals surface area contributed by atoms with E-state index in [4.69, 9.17) is 0 Å². The molecule has 0 fully saturated rings. The first kappa shape index (κ1) is 30.4. The Labute approximate surface area is 193 Å². The first-order chi connectivity index (χ1) is 14.2. The van der Waals surface area contributed by atoms with Crippen molar-refractivity contribution in [1.82, 2.24) is 10.6 Å². The predicted molar refractivity (Wildman–Crippen MR) is 136 cm³/mol. The van der Waals surface area contributed by atoms with Crippen LogP contribution >= 0.6 is 0 Å². The molecule has 4 atom stereocenters. The van der Waals surface area contributed by atoms with Crippen LogP contribution in [0.2, 0.25) is 0 Å². The van der Waals surface area contributed by atoms with Crippen molar-refractivity contribution in [3.63, 3.8) is 0 Å². The number of carbonyl (C=O) groups is 2. The largest absolute Gasteiger partial charge is 0.382 e. The van der Waals surface area contributed by atoms with E-state index >= 15 is 0 Å². The second kappa shape index (κ2) is 12.0. The third kappa shape index (κ3) is 6.46. The molecule has 0 amide bonds. The molecule has 0 radical (unpaired) electrons. The van der Waals surface area contributed by atoms with Crippen LogP contribution in [0, 0.1) is 5.41 Å². The van der Waals surface area contributed by atoms with Crippen LogP contribution in [0.1, 0.15) is 93.9 Å². The van der Waals surface area contributed by atoms with Gasteiger partial charge in [0.05, 0.1) is 7.74 Å². The molecule has 0 spiro atoms. The molecule has 31 heavy (non-hydrogen) atoms. The van der Waals surface area contributed by atoms with Crippen LogP contribution in [0.4, 0.5) is 0 Å². The van der Waals surface area contributed by atoms with Crippen LogP contribution in [0.5, 0.6) is 0 Å². The highest BCUT2D eigenvalue weighted by Gasteiger charge is 2.54. The van der Waals surface area contributed by atoms with Gasteiger partial charge in [-0.25, -0.2) is 0 Å². The summed E-state index contributed by atoms with van der Waals surface area (Å²) in [6.07, 6.45) is 3.41. The summed E-state index contributed by atoms with van der Waals surface area (Å²) in [6.45, 7) is 15.1. The van der Waals surface area contributed by atoms with Crippen LogP contribution in [0.25, 0.3) is 0 Å². The molecule has 0 saturated carbocycles. The number of ketones is 2. The molecule has 0 aliphatic heterocycles. The van der Waals surface area contributed by atoms with Gasteiger partial charge in [-0.15, -0.1) is 0 Å². The molecule has 9 heteroatoms. The number of nitrogens with one attached hydrogen (secondary N) is 2. The van der Waals surface area contributed by atoms with E-state index < -0.39 is 34.2 Å². The van der Waals surface area contributed by atoms with Crippen molar-refractivity contribution < 1.29 is 19.8 Å². The minimum absolute atomic E-state index is 0.0758. The molecule has 0 bridgehead atoms. The summed E-state index contributed by atoms with van der Waals surface area (Å²) >= 11 is 0. The molecule has 0 aliphatic carbocycles. The molecule has 0 aromatic heterocycles. The van der Waals surface area contributed by atoms with E-state index in [0.717, 1.165) is 0 Å². The number of rotatable bonds is 16. The van der Waals surface area contributed by atoms with E-state index in [0.29, 0.717) is 45.7 Å². The van der Waals surface area contributed by atoms with Gasteiger partial charge < -0.3 is 15.5 Å². The van der Waals surface area contributed by atoms with Gasteiger partial charge in [0.15, 0.2) is 5.78 Å². The van der Waals surface area contributed by atoms with E-state index in [2.05, 4.69) is 24.5 Å². The lowest BCUT2D eigenvalue weighted by Crippen LogP contribution is -2.69. The molecule has 6 nitrogen and oxygen atoms in total. The monoisotopic (exact) mass is 436 g/mol. The number of carbonyl (C=O) groups excluding carboxylic acids is 2. The van der Waals surface area contributed by atoms with Crippen LogP contribution < -0.4 is 10.6 Å². The Bertz CT molecular complexity index is 591. The Kier molecular flexibility index (Phi) is 11.8. The fourth-order valence-corrected chi connectivity index (χ4v) is 5.06. The van der Waals surface area contributed by atoms with Crippen molar-refractivity contribution in [1.29, 1.82) is 0 Å². The van der Waals surface area contributed by atoms with Crippen LogP contribution in [-0.2, 0) is 9.59 Å². The van der Waals surface area contributed by atoms with Gasteiger partial charge in [-0.05, 0) is 52.4 Å². The molecular formula is C22H47B3N2O4. The average molecular weight is 436 g/mol. The zero-order valence-electron chi connectivity index (χ0n) is 21.8. The van der Waals surface area contributed by atoms with Crippen LogP contribution in [0.3, 0.4) is 0 Å². The lowest BCUT2D eigenvalue weighted by Gasteiger charge is -2.52. The van der Waals surface area contributed by atoms with Gasteiger partial charge in [0, 0.05) is 22.8 Å². The highest BCUT2D eigenvalue weighted by molar-refractivity contribution is 6.92. The lowest BCUT2D eigenvalue weighted by atomic mass is 9.45. The third-order valence-corrected chi connectivity index (χ3v) is 7.81. The van der Waals surface area contributed by atoms with E-state index in [1.807, 2.05) is 28.5 Å². The van der Waals surface area contributed by atoms with Crippen molar-refractivity contribution in [3.05, 3.63) is 0 Å².